The lowest BCUT2D eigenvalue weighted by atomic mass is 10.1. The fourth-order valence-electron chi connectivity index (χ4n) is 3.06. The van der Waals surface area contributed by atoms with E-state index >= 15 is 0 Å². The van der Waals surface area contributed by atoms with Crippen LogP contribution in [0.3, 0.4) is 0 Å². The molecule has 2 aromatic rings. The summed E-state index contributed by atoms with van der Waals surface area (Å²) in [5.41, 5.74) is 2.28. The van der Waals surface area contributed by atoms with Crippen LogP contribution in [0.5, 0.6) is 11.5 Å². The van der Waals surface area contributed by atoms with E-state index in [1.807, 2.05) is 31.2 Å². The predicted octanol–water partition coefficient (Wildman–Crippen LogP) is 3.59. The second kappa shape index (κ2) is 8.21. The third-order valence-electron chi connectivity index (χ3n) is 4.40. The molecular formula is C20H24N2O2S. The van der Waals surface area contributed by atoms with E-state index < -0.39 is 0 Å². The molecule has 2 aromatic carbocycles. The zero-order chi connectivity index (χ0) is 17.6. The fourth-order valence-corrected chi connectivity index (χ4v) is 3.37. The molecule has 1 fully saturated rings. The third kappa shape index (κ3) is 4.04. The van der Waals surface area contributed by atoms with Crippen molar-refractivity contribution < 1.29 is 9.47 Å². The molecular weight excluding hydrogens is 332 g/mol. The maximum atomic E-state index is 5.72. The predicted molar refractivity (Wildman–Crippen MR) is 106 cm³/mol. The van der Waals surface area contributed by atoms with E-state index in [1.165, 1.54) is 5.69 Å². The lowest BCUT2D eigenvalue weighted by Crippen LogP contribution is -2.48. The van der Waals surface area contributed by atoms with Crippen molar-refractivity contribution in [3.05, 3.63) is 54.1 Å². The monoisotopic (exact) mass is 356 g/mol. The van der Waals surface area contributed by atoms with E-state index in [9.17, 15) is 0 Å². The molecule has 0 bridgehead atoms. The summed E-state index contributed by atoms with van der Waals surface area (Å²) in [6.45, 7) is 6.36. The summed E-state index contributed by atoms with van der Waals surface area (Å²) >= 11 is 5.72. The molecule has 0 unspecified atom stereocenters. The van der Waals surface area contributed by atoms with Crippen LogP contribution in [0.15, 0.2) is 48.5 Å². The quantitative estimate of drug-likeness (QED) is 0.763. The van der Waals surface area contributed by atoms with Crippen LogP contribution < -0.4 is 14.4 Å². The largest absolute Gasteiger partial charge is 0.493 e. The van der Waals surface area contributed by atoms with E-state index in [-0.39, 0.29) is 0 Å². The Labute approximate surface area is 155 Å². The summed E-state index contributed by atoms with van der Waals surface area (Å²) in [7, 11) is 1.66. The van der Waals surface area contributed by atoms with Crippen molar-refractivity contribution in [2.24, 2.45) is 0 Å². The van der Waals surface area contributed by atoms with Gasteiger partial charge in [0, 0.05) is 37.4 Å². The van der Waals surface area contributed by atoms with Gasteiger partial charge in [0.2, 0.25) is 0 Å². The summed E-state index contributed by atoms with van der Waals surface area (Å²) in [4.78, 5) is 5.54. The van der Waals surface area contributed by atoms with Gasteiger partial charge >= 0.3 is 0 Å². The lowest BCUT2D eigenvalue weighted by Gasteiger charge is -2.37. The topological polar surface area (TPSA) is 24.9 Å². The molecule has 0 aliphatic carbocycles. The Bertz CT molecular complexity index is 713. The summed E-state index contributed by atoms with van der Waals surface area (Å²) < 4.78 is 11.0. The van der Waals surface area contributed by atoms with E-state index in [1.54, 1.807) is 7.11 Å². The minimum atomic E-state index is 0.613. The number of nitrogens with zero attached hydrogens (tertiary/aromatic N) is 2. The molecule has 132 valence electrons. The average molecular weight is 356 g/mol. The molecule has 0 aromatic heterocycles. The van der Waals surface area contributed by atoms with Crippen molar-refractivity contribution in [1.82, 2.24) is 4.90 Å². The first kappa shape index (κ1) is 17.5. The highest BCUT2D eigenvalue weighted by molar-refractivity contribution is 7.80. The maximum absolute atomic E-state index is 5.72. The van der Waals surface area contributed by atoms with Crippen LogP contribution >= 0.6 is 12.2 Å². The molecule has 1 aliphatic heterocycles. The molecule has 0 saturated carbocycles. The molecule has 5 heteroatoms. The van der Waals surface area contributed by atoms with Gasteiger partial charge in [-0.05, 0) is 37.3 Å². The van der Waals surface area contributed by atoms with Crippen molar-refractivity contribution in [2.45, 2.75) is 6.92 Å². The summed E-state index contributed by atoms with van der Waals surface area (Å²) in [5, 5.41) is 0. The molecule has 3 rings (SSSR count). The Morgan fingerprint density at radius 1 is 1.00 bits per heavy atom. The second-order valence-electron chi connectivity index (χ2n) is 5.91. The lowest BCUT2D eigenvalue weighted by molar-refractivity contribution is 0.311. The van der Waals surface area contributed by atoms with Crippen LogP contribution in [0.4, 0.5) is 5.69 Å². The standard InChI is InChI=1S/C20H24N2O2S/c1-3-24-18-10-9-16(15-19(18)23-2)20(25)22-13-11-21(12-14-22)17-7-5-4-6-8-17/h4-10,15H,3,11-14H2,1-2H3. The zero-order valence-corrected chi connectivity index (χ0v) is 15.6. The van der Waals surface area contributed by atoms with Crippen molar-refractivity contribution in [1.29, 1.82) is 0 Å². The Morgan fingerprint density at radius 3 is 2.36 bits per heavy atom. The smallest absolute Gasteiger partial charge is 0.161 e. The Morgan fingerprint density at radius 2 is 1.72 bits per heavy atom. The first-order valence-electron chi connectivity index (χ1n) is 8.63. The van der Waals surface area contributed by atoms with Crippen LogP contribution in [0.25, 0.3) is 0 Å². The number of methoxy groups -OCH3 is 1. The van der Waals surface area contributed by atoms with Crippen LogP contribution in [0.2, 0.25) is 0 Å². The highest BCUT2D eigenvalue weighted by Gasteiger charge is 2.20. The van der Waals surface area contributed by atoms with Gasteiger partial charge < -0.3 is 19.3 Å². The third-order valence-corrected chi connectivity index (χ3v) is 4.89. The first-order valence-corrected chi connectivity index (χ1v) is 9.04. The van der Waals surface area contributed by atoms with Crippen molar-refractivity contribution in [3.8, 4) is 11.5 Å². The van der Waals surface area contributed by atoms with Crippen LogP contribution in [-0.2, 0) is 0 Å². The molecule has 0 atom stereocenters. The number of benzene rings is 2. The van der Waals surface area contributed by atoms with E-state index in [0.717, 1.165) is 48.2 Å². The number of ether oxygens (including phenoxy) is 2. The minimum Gasteiger partial charge on any atom is -0.493 e. The zero-order valence-electron chi connectivity index (χ0n) is 14.8. The summed E-state index contributed by atoms with van der Waals surface area (Å²) in [6, 6.07) is 16.4. The highest BCUT2D eigenvalue weighted by Crippen LogP contribution is 2.29. The number of rotatable bonds is 5. The van der Waals surface area contributed by atoms with Crippen LogP contribution in [0.1, 0.15) is 12.5 Å². The molecule has 25 heavy (non-hydrogen) atoms. The van der Waals surface area contributed by atoms with Gasteiger partial charge in [0.15, 0.2) is 11.5 Å². The van der Waals surface area contributed by atoms with Gasteiger partial charge in [-0.25, -0.2) is 0 Å². The molecule has 0 spiro atoms. The molecule has 1 saturated heterocycles. The van der Waals surface area contributed by atoms with Crippen molar-refractivity contribution in [3.63, 3.8) is 0 Å². The van der Waals surface area contributed by atoms with E-state index in [4.69, 9.17) is 21.7 Å². The van der Waals surface area contributed by atoms with Crippen LogP contribution in [-0.4, -0.2) is 49.8 Å². The average Bonchev–Trinajstić information content (AvgIpc) is 2.69. The van der Waals surface area contributed by atoms with Gasteiger partial charge in [0.1, 0.15) is 4.99 Å². The van der Waals surface area contributed by atoms with E-state index in [2.05, 4.69) is 34.1 Å². The van der Waals surface area contributed by atoms with Gasteiger partial charge in [0.25, 0.3) is 0 Å². The highest BCUT2D eigenvalue weighted by atomic mass is 32.1. The first-order chi connectivity index (χ1) is 12.2. The maximum Gasteiger partial charge on any atom is 0.161 e. The number of para-hydroxylation sites is 1. The Balaban J connectivity index is 1.66. The Kier molecular flexibility index (Phi) is 5.76. The van der Waals surface area contributed by atoms with Gasteiger partial charge in [0.05, 0.1) is 13.7 Å². The summed E-state index contributed by atoms with van der Waals surface area (Å²) in [5.74, 6) is 1.48. The number of hydrogen-bond acceptors (Lipinski definition) is 4. The Hall–Kier alpha value is -2.27. The van der Waals surface area contributed by atoms with Crippen LogP contribution in [0, 0.1) is 0 Å². The molecule has 0 radical (unpaired) electrons. The fraction of sp³-hybridized carbons (Fsp3) is 0.350. The number of hydrogen-bond donors (Lipinski definition) is 0. The van der Waals surface area contributed by atoms with Crippen molar-refractivity contribution >= 4 is 22.9 Å². The minimum absolute atomic E-state index is 0.613. The molecule has 1 heterocycles. The van der Waals surface area contributed by atoms with Gasteiger partial charge in [-0.3, -0.25) is 0 Å². The molecule has 0 N–H and O–H groups in total. The molecule has 0 amide bonds. The normalized spacial score (nSPS) is 14.3. The van der Waals surface area contributed by atoms with Crippen molar-refractivity contribution in [2.75, 3.05) is 44.8 Å². The SMILES string of the molecule is CCOc1ccc(C(=S)N2CCN(c3ccccc3)CC2)cc1OC. The van der Waals surface area contributed by atoms with Gasteiger partial charge in [-0.15, -0.1) is 0 Å². The molecule has 1 aliphatic rings. The number of piperazine rings is 1. The summed E-state index contributed by atoms with van der Waals surface area (Å²) in [6.07, 6.45) is 0. The molecule has 4 nitrogen and oxygen atoms in total. The second-order valence-corrected chi connectivity index (χ2v) is 6.30. The van der Waals surface area contributed by atoms with Gasteiger partial charge in [-0.1, -0.05) is 30.4 Å². The van der Waals surface area contributed by atoms with E-state index in [0.29, 0.717) is 6.61 Å². The number of thiocarbonyl (C=S) groups is 1. The number of anilines is 1. The van der Waals surface area contributed by atoms with Gasteiger partial charge in [-0.2, -0.15) is 0 Å².